The summed E-state index contributed by atoms with van der Waals surface area (Å²) in [5, 5.41) is 5.77. The fraction of sp³-hybridized carbons (Fsp3) is 0.348. The highest BCUT2D eigenvalue weighted by Crippen LogP contribution is 2.23. The summed E-state index contributed by atoms with van der Waals surface area (Å²) in [6.45, 7) is 6.01. The van der Waals surface area contributed by atoms with Crippen LogP contribution in [0.1, 0.15) is 24.0 Å². The van der Waals surface area contributed by atoms with Gasteiger partial charge in [0.05, 0.1) is 5.69 Å². The number of anilines is 1. The van der Waals surface area contributed by atoms with E-state index in [1.807, 2.05) is 29.2 Å². The number of hydrazone groups is 1. The van der Waals surface area contributed by atoms with Gasteiger partial charge in [-0.2, -0.15) is 5.10 Å². The molecule has 0 saturated carbocycles. The molecular weight excluding hydrogens is 444 g/mol. The van der Waals surface area contributed by atoms with Crippen LogP contribution in [0.25, 0.3) is 0 Å². The van der Waals surface area contributed by atoms with E-state index in [1.54, 1.807) is 0 Å². The van der Waals surface area contributed by atoms with Crippen LogP contribution >= 0.6 is 15.9 Å². The third-order valence-corrected chi connectivity index (χ3v) is 6.07. The molecule has 7 heteroatoms. The molecule has 2 amide bonds. The summed E-state index contributed by atoms with van der Waals surface area (Å²) < 4.78 is 0.930. The van der Waals surface area contributed by atoms with Crippen molar-refractivity contribution in [2.75, 3.05) is 31.2 Å². The Balaban J connectivity index is 1.38. The number of nitrogens with zero attached hydrogens (tertiary/aromatic N) is 4. The van der Waals surface area contributed by atoms with Crippen LogP contribution in [0.5, 0.6) is 0 Å². The SMILES string of the molecule is Cc1ccc(CN2CCN(C(=O)C3=NN(c4ccc(Br)cc4)C(=O)CC3)CC2)cc1. The molecule has 0 radical (unpaired) electrons. The Labute approximate surface area is 185 Å². The molecule has 1 fully saturated rings. The third kappa shape index (κ3) is 4.79. The second kappa shape index (κ2) is 9.10. The van der Waals surface area contributed by atoms with E-state index in [0.717, 1.165) is 24.1 Å². The fourth-order valence-corrected chi connectivity index (χ4v) is 4.00. The van der Waals surface area contributed by atoms with E-state index in [1.165, 1.54) is 16.1 Å². The number of carbonyl (C=O) groups is 2. The van der Waals surface area contributed by atoms with Gasteiger partial charge in [-0.15, -0.1) is 0 Å². The molecule has 2 aromatic rings. The highest BCUT2D eigenvalue weighted by molar-refractivity contribution is 9.10. The minimum Gasteiger partial charge on any atom is -0.335 e. The highest BCUT2D eigenvalue weighted by Gasteiger charge is 2.30. The number of piperazine rings is 1. The van der Waals surface area contributed by atoms with Crippen LogP contribution in [-0.2, 0) is 16.1 Å². The standard InChI is InChI=1S/C23H25BrN4O2/c1-17-2-4-18(5-3-17)16-26-12-14-27(15-13-26)23(30)21-10-11-22(29)28(25-21)20-8-6-19(24)7-9-20/h2-9H,10-16H2,1H3. The van der Waals surface area contributed by atoms with Gasteiger partial charge in [0.2, 0.25) is 5.91 Å². The van der Waals surface area contributed by atoms with Gasteiger partial charge in [0.25, 0.3) is 5.91 Å². The summed E-state index contributed by atoms with van der Waals surface area (Å²) in [6.07, 6.45) is 0.697. The van der Waals surface area contributed by atoms with E-state index >= 15 is 0 Å². The Bertz CT molecular complexity index is 948. The molecule has 1 saturated heterocycles. The summed E-state index contributed by atoms with van der Waals surface area (Å²) >= 11 is 3.40. The van der Waals surface area contributed by atoms with Gasteiger partial charge in [0.1, 0.15) is 5.71 Å². The molecule has 0 atom stereocenters. The Kier molecular flexibility index (Phi) is 6.29. The van der Waals surface area contributed by atoms with Crippen molar-refractivity contribution < 1.29 is 9.59 Å². The van der Waals surface area contributed by atoms with Gasteiger partial charge in [0, 0.05) is 50.0 Å². The van der Waals surface area contributed by atoms with Gasteiger partial charge in [-0.25, -0.2) is 5.01 Å². The molecule has 2 aliphatic heterocycles. The van der Waals surface area contributed by atoms with Crippen molar-refractivity contribution >= 4 is 39.1 Å². The van der Waals surface area contributed by atoms with Crippen LogP contribution in [0, 0.1) is 6.92 Å². The van der Waals surface area contributed by atoms with Crippen LogP contribution in [0.4, 0.5) is 5.69 Å². The van der Waals surface area contributed by atoms with E-state index < -0.39 is 0 Å². The number of carbonyl (C=O) groups excluding carboxylic acids is 2. The summed E-state index contributed by atoms with van der Waals surface area (Å²) in [6, 6.07) is 16.0. The number of amides is 2. The van der Waals surface area contributed by atoms with Crippen LogP contribution in [0.2, 0.25) is 0 Å². The number of halogens is 1. The average molecular weight is 469 g/mol. The lowest BCUT2D eigenvalue weighted by molar-refractivity contribution is -0.126. The van der Waals surface area contributed by atoms with Gasteiger partial charge >= 0.3 is 0 Å². The zero-order valence-corrected chi connectivity index (χ0v) is 18.6. The molecule has 6 nitrogen and oxygen atoms in total. The normalized spacial score (nSPS) is 17.8. The first-order valence-electron chi connectivity index (χ1n) is 10.2. The first-order valence-corrected chi connectivity index (χ1v) is 11.0. The van der Waals surface area contributed by atoms with Crippen LogP contribution < -0.4 is 5.01 Å². The molecular formula is C23H25BrN4O2. The monoisotopic (exact) mass is 468 g/mol. The molecule has 4 rings (SSSR count). The molecule has 2 aliphatic rings. The van der Waals surface area contributed by atoms with Crippen molar-refractivity contribution in [2.45, 2.75) is 26.3 Å². The first kappa shape index (κ1) is 20.8. The van der Waals surface area contributed by atoms with Crippen molar-refractivity contribution in [1.29, 1.82) is 0 Å². The molecule has 156 valence electrons. The van der Waals surface area contributed by atoms with Crippen molar-refractivity contribution in [3.05, 3.63) is 64.1 Å². The Morgan fingerprint density at radius 2 is 1.63 bits per heavy atom. The molecule has 2 heterocycles. The predicted octanol–water partition coefficient (Wildman–Crippen LogP) is 3.58. The maximum absolute atomic E-state index is 13.0. The molecule has 0 N–H and O–H groups in total. The van der Waals surface area contributed by atoms with Gasteiger partial charge in [-0.3, -0.25) is 14.5 Å². The summed E-state index contributed by atoms with van der Waals surface area (Å²) in [5.41, 5.74) is 3.69. The van der Waals surface area contributed by atoms with Crippen molar-refractivity contribution in [2.24, 2.45) is 5.10 Å². The van der Waals surface area contributed by atoms with E-state index in [-0.39, 0.29) is 11.8 Å². The van der Waals surface area contributed by atoms with Crippen molar-refractivity contribution in [3.63, 3.8) is 0 Å². The number of rotatable bonds is 4. The minimum absolute atomic E-state index is 0.0559. The largest absolute Gasteiger partial charge is 0.335 e. The van der Waals surface area contributed by atoms with E-state index in [0.29, 0.717) is 37.3 Å². The Morgan fingerprint density at radius 3 is 2.30 bits per heavy atom. The third-order valence-electron chi connectivity index (χ3n) is 5.54. The van der Waals surface area contributed by atoms with Crippen molar-refractivity contribution in [1.82, 2.24) is 9.80 Å². The predicted molar refractivity (Wildman–Crippen MR) is 121 cm³/mol. The molecule has 2 aromatic carbocycles. The van der Waals surface area contributed by atoms with E-state index in [2.05, 4.69) is 57.1 Å². The zero-order chi connectivity index (χ0) is 21.1. The number of hydrogen-bond donors (Lipinski definition) is 0. The maximum atomic E-state index is 13.0. The summed E-state index contributed by atoms with van der Waals surface area (Å²) in [5.74, 6) is -0.142. The lowest BCUT2D eigenvalue weighted by atomic mass is 10.1. The van der Waals surface area contributed by atoms with E-state index in [9.17, 15) is 9.59 Å². The molecule has 0 bridgehead atoms. The topological polar surface area (TPSA) is 56.2 Å². The number of benzene rings is 2. The summed E-state index contributed by atoms with van der Waals surface area (Å²) in [7, 11) is 0. The summed E-state index contributed by atoms with van der Waals surface area (Å²) in [4.78, 5) is 29.6. The lowest BCUT2D eigenvalue weighted by Crippen LogP contribution is -2.51. The van der Waals surface area contributed by atoms with Gasteiger partial charge in [0.15, 0.2) is 0 Å². The second-order valence-electron chi connectivity index (χ2n) is 7.78. The molecule has 0 aliphatic carbocycles. The minimum atomic E-state index is -0.0863. The van der Waals surface area contributed by atoms with Crippen molar-refractivity contribution in [3.8, 4) is 0 Å². The molecule has 0 aromatic heterocycles. The van der Waals surface area contributed by atoms with Gasteiger partial charge in [-0.05, 0) is 36.8 Å². The molecule has 30 heavy (non-hydrogen) atoms. The fourth-order valence-electron chi connectivity index (χ4n) is 3.73. The second-order valence-corrected chi connectivity index (χ2v) is 8.70. The Morgan fingerprint density at radius 1 is 0.967 bits per heavy atom. The quantitative estimate of drug-likeness (QED) is 0.688. The lowest BCUT2D eigenvalue weighted by Gasteiger charge is -2.35. The number of hydrogen-bond acceptors (Lipinski definition) is 4. The zero-order valence-electron chi connectivity index (χ0n) is 17.1. The van der Waals surface area contributed by atoms with Crippen LogP contribution in [0.15, 0.2) is 58.1 Å². The number of aryl methyl sites for hydroxylation is 1. The molecule has 0 spiro atoms. The smallest absolute Gasteiger partial charge is 0.270 e. The van der Waals surface area contributed by atoms with Gasteiger partial charge < -0.3 is 4.90 Å². The van der Waals surface area contributed by atoms with E-state index in [4.69, 9.17) is 0 Å². The highest BCUT2D eigenvalue weighted by atomic mass is 79.9. The average Bonchev–Trinajstić information content (AvgIpc) is 2.76. The van der Waals surface area contributed by atoms with Gasteiger partial charge in [-0.1, -0.05) is 45.8 Å². The van der Waals surface area contributed by atoms with Crippen LogP contribution in [-0.4, -0.2) is 53.5 Å². The first-order chi connectivity index (χ1) is 14.5. The maximum Gasteiger partial charge on any atom is 0.270 e. The Hall–Kier alpha value is -2.51. The van der Waals surface area contributed by atoms with Crippen LogP contribution in [0.3, 0.4) is 0 Å². The molecule has 0 unspecified atom stereocenters.